The Morgan fingerprint density at radius 2 is 1.74 bits per heavy atom. The number of benzene rings is 2. The molecule has 0 aliphatic carbocycles. The van der Waals surface area contributed by atoms with Crippen molar-refractivity contribution in [1.82, 2.24) is 15.1 Å². The van der Waals surface area contributed by atoms with E-state index in [1.807, 2.05) is 30.3 Å². The summed E-state index contributed by atoms with van der Waals surface area (Å²) in [4.78, 5) is 12.3. The minimum atomic E-state index is -3.69. The molecule has 8 heteroatoms. The summed E-state index contributed by atoms with van der Waals surface area (Å²) in [6, 6.07) is 16.2. The maximum atomic E-state index is 12.2. The summed E-state index contributed by atoms with van der Waals surface area (Å²) in [6.07, 6.45) is 3.83. The third kappa shape index (κ3) is 5.25. The van der Waals surface area contributed by atoms with E-state index >= 15 is 0 Å². The highest BCUT2D eigenvalue weighted by atomic mass is 32.2. The first-order chi connectivity index (χ1) is 12.9. The number of hydrogen-bond donors (Lipinski definition) is 2. The molecule has 2 aromatic carbocycles. The van der Waals surface area contributed by atoms with Crippen LogP contribution in [0, 0.1) is 0 Å². The zero-order chi connectivity index (χ0) is 19.3. The van der Waals surface area contributed by atoms with Gasteiger partial charge in [-0.1, -0.05) is 42.5 Å². The fraction of sp³-hybridized carbons (Fsp3) is 0.158. The van der Waals surface area contributed by atoms with E-state index in [0.717, 1.165) is 11.1 Å². The summed E-state index contributed by atoms with van der Waals surface area (Å²) < 4.78 is 24.2. The van der Waals surface area contributed by atoms with Crippen molar-refractivity contribution in [2.45, 2.75) is 17.9 Å². The second-order valence-electron chi connectivity index (χ2n) is 6.11. The molecule has 140 valence electrons. The number of nitrogens with zero attached hydrogens (tertiary/aromatic N) is 2. The third-order valence-corrected chi connectivity index (χ3v) is 4.96. The monoisotopic (exact) mass is 384 g/mol. The van der Waals surface area contributed by atoms with Crippen LogP contribution in [0.5, 0.6) is 0 Å². The molecule has 1 aromatic heterocycles. The van der Waals surface area contributed by atoms with Crippen LogP contribution in [-0.2, 0) is 23.0 Å². The van der Waals surface area contributed by atoms with E-state index in [1.165, 1.54) is 12.1 Å². The molecule has 0 aliphatic heterocycles. The van der Waals surface area contributed by atoms with Crippen molar-refractivity contribution < 1.29 is 13.2 Å². The minimum absolute atomic E-state index is 0.0705. The molecule has 0 radical (unpaired) electrons. The van der Waals surface area contributed by atoms with E-state index in [9.17, 15) is 13.2 Å². The topological polar surface area (TPSA) is 107 Å². The highest BCUT2D eigenvalue weighted by Crippen LogP contribution is 2.09. The molecule has 0 atom stereocenters. The molecule has 0 saturated carbocycles. The predicted molar refractivity (Wildman–Crippen MR) is 102 cm³/mol. The molecule has 0 unspecified atom stereocenters. The second kappa shape index (κ2) is 8.15. The lowest BCUT2D eigenvalue weighted by Crippen LogP contribution is -2.25. The van der Waals surface area contributed by atoms with Crippen LogP contribution in [0.25, 0.3) is 0 Å². The van der Waals surface area contributed by atoms with Crippen LogP contribution in [0.4, 0.5) is 0 Å². The summed E-state index contributed by atoms with van der Waals surface area (Å²) in [5.41, 5.74) is 2.51. The van der Waals surface area contributed by atoms with Gasteiger partial charge in [-0.2, -0.15) is 5.10 Å². The van der Waals surface area contributed by atoms with Gasteiger partial charge in [0.25, 0.3) is 5.91 Å². The van der Waals surface area contributed by atoms with Crippen molar-refractivity contribution in [2.24, 2.45) is 5.14 Å². The average Bonchev–Trinajstić information content (AvgIpc) is 3.11. The molecule has 0 aliphatic rings. The number of nitrogens with two attached hydrogens (primary N) is 1. The minimum Gasteiger partial charge on any atom is -0.352 e. The van der Waals surface area contributed by atoms with Crippen LogP contribution < -0.4 is 10.5 Å². The number of sulfonamides is 1. The average molecular weight is 384 g/mol. The van der Waals surface area contributed by atoms with Crippen molar-refractivity contribution in [3.05, 3.63) is 83.7 Å². The second-order valence-corrected chi connectivity index (χ2v) is 7.67. The van der Waals surface area contributed by atoms with E-state index in [1.54, 1.807) is 29.2 Å². The van der Waals surface area contributed by atoms with Gasteiger partial charge in [0.1, 0.15) is 0 Å². The van der Waals surface area contributed by atoms with Gasteiger partial charge in [0.05, 0.1) is 23.2 Å². The summed E-state index contributed by atoms with van der Waals surface area (Å²) >= 11 is 0. The van der Waals surface area contributed by atoms with Crippen LogP contribution in [-0.4, -0.2) is 30.7 Å². The Bertz CT molecular complexity index is 1010. The number of amides is 1. The molecule has 0 saturated heterocycles. The first-order valence-electron chi connectivity index (χ1n) is 8.38. The largest absolute Gasteiger partial charge is 0.352 e. The van der Waals surface area contributed by atoms with Gasteiger partial charge in [0.15, 0.2) is 0 Å². The highest BCUT2D eigenvalue weighted by Gasteiger charge is 2.09. The zero-order valence-corrected chi connectivity index (χ0v) is 15.4. The van der Waals surface area contributed by atoms with E-state index in [0.29, 0.717) is 25.1 Å². The Morgan fingerprint density at radius 1 is 1.04 bits per heavy atom. The van der Waals surface area contributed by atoms with Crippen molar-refractivity contribution in [3.63, 3.8) is 0 Å². The van der Waals surface area contributed by atoms with Crippen molar-refractivity contribution in [3.8, 4) is 0 Å². The van der Waals surface area contributed by atoms with Gasteiger partial charge < -0.3 is 5.32 Å². The Balaban J connectivity index is 1.51. The number of hydrogen-bond acceptors (Lipinski definition) is 4. The van der Waals surface area contributed by atoms with Crippen LogP contribution in [0.2, 0.25) is 0 Å². The van der Waals surface area contributed by atoms with E-state index < -0.39 is 10.0 Å². The number of aromatic nitrogens is 2. The summed E-state index contributed by atoms with van der Waals surface area (Å²) in [5, 5.41) is 12.1. The molecule has 0 fully saturated rings. The van der Waals surface area contributed by atoms with Gasteiger partial charge in [-0.3, -0.25) is 9.48 Å². The van der Waals surface area contributed by atoms with Crippen LogP contribution >= 0.6 is 0 Å². The lowest BCUT2D eigenvalue weighted by Gasteiger charge is -2.05. The quantitative estimate of drug-likeness (QED) is 0.644. The lowest BCUT2D eigenvalue weighted by atomic mass is 10.1. The fourth-order valence-electron chi connectivity index (χ4n) is 2.61. The maximum absolute atomic E-state index is 12.2. The predicted octanol–water partition coefficient (Wildman–Crippen LogP) is 1.55. The Kier molecular flexibility index (Phi) is 5.68. The van der Waals surface area contributed by atoms with Gasteiger partial charge in [-0.05, 0) is 29.7 Å². The normalized spacial score (nSPS) is 11.3. The van der Waals surface area contributed by atoms with Crippen LogP contribution in [0.3, 0.4) is 0 Å². The molecule has 3 rings (SSSR count). The number of rotatable bonds is 7. The van der Waals surface area contributed by atoms with Gasteiger partial charge in [0, 0.05) is 12.7 Å². The molecule has 7 nitrogen and oxygen atoms in total. The molecule has 3 N–H and O–H groups in total. The standard InChI is InChI=1S/C19H20N4O3S/c20-27(25,26)18-8-6-15(7-9-18)10-11-21-19(24)17-12-22-23(14-17)13-16-4-2-1-3-5-16/h1-9,12,14H,10-11,13H2,(H,21,24)(H2,20,25,26). The molecule has 1 heterocycles. The molecule has 0 bridgehead atoms. The van der Waals surface area contributed by atoms with E-state index in [2.05, 4.69) is 10.4 Å². The summed E-state index contributed by atoms with van der Waals surface area (Å²) in [6.45, 7) is 1.03. The van der Waals surface area contributed by atoms with E-state index in [4.69, 9.17) is 5.14 Å². The first kappa shape index (κ1) is 18.8. The first-order valence-corrected chi connectivity index (χ1v) is 9.93. The van der Waals surface area contributed by atoms with Gasteiger partial charge >= 0.3 is 0 Å². The molecular weight excluding hydrogens is 364 g/mol. The highest BCUT2D eigenvalue weighted by molar-refractivity contribution is 7.89. The summed E-state index contributed by atoms with van der Waals surface area (Å²) in [7, 11) is -3.69. The van der Waals surface area contributed by atoms with Gasteiger partial charge in [-0.25, -0.2) is 13.6 Å². The number of nitrogens with one attached hydrogen (secondary N) is 1. The van der Waals surface area contributed by atoms with Crippen LogP contribution in [0.1, 0.15) is 21.5 Å². The summed E-state index contributed by atoms with van der Waals surface area (Å²) in [5.74, 6) is -0.199. The number of carbonyl (C=O) groups excluding carboxylic acids is 1. The molecular formula is C19H20N4O3S. The van der Waals surface area contributed by atoms with Crippen LogP contribution in [0.15, 0.2) is 71.9 Å². The van der Waals surface area contributed by atoms with Gasteiger partial charge in [0.2, 0.25) is 10.0 Å². The Labute approximate surface area is 157 Å². The smallest absolute Gasteiger partial charge is 0.254 e. The number of primary sulfonamides is 1. The van der Waals surface area contributed by atoms with E-state index in [-0.39, 0.29) is 10.8 Å². The van der Waals surface area contributed by atoms with Gasteiger partial charge in [-0.15, -0.1) is 0 Å². The van der Waals surface area contributed by atoms with Crippen molar-refractivity contribution >= 4 is 15.9 Å². The maximum Gasteiger partial charge on any atom is 0.254 e. The molecule has 0 spiro atoms. The third-order valence-electron chi connectivity index (χ3n) is 4.03. The molecule has 1 amide bonds. The Hall–Kier alpha value is -2.97. The molecule has 27 heavy (non-hydrogen) atoms. The fourth-order valence-corrected chi connectivity index (χ4v) is 3.12. The zero-order valence-electron chi connectivity index (χ0n) is 14.6. The SMILES string of the molecule is NS(=O)(=O)c1ccc(CCNC(=O)c2cnn(Cc3ccccc3)c2)cc1. The Morgan fingerprint density at radius 3 is 2.41 bits per heavy atom. The van der Waals surface area contributed by atoms with Crippen molar-refractivity contribution in [2.75, 3.05) is 6.54 Å². The number of carbonyl (C=O) groups is 1. The lowest BCUT2D eigenvalue weighted by molar-refractivity contribution is 0.0954. The van der Waals surface area contributed by atoms with Crippen molar-refractivity contribution in [1.29, 1.82) is 0 Å². The molecule has 3 aromatic rings.